The highest BCUT2D eigenvalue weighted by Gasteiger charge is 2.16. The molecule has 1 nitrogen and oxygen atoms in total. The molecule has 0 bridgehead atoms. The zero-order chi connectivity index (χ0) is 13.2. The summed E-state index contributed by atoms with van der Waals surface area (Å²) in [6.45, 7) is 13.3. The summed E-state index contributed by atoms with van der Waals surface area (Å²) in [6, 6.07) is 0.202. The second-order valence-corrected chi connectivity index (χ2v) is 5.29. The van der Waals surface area contributed by atoms with Crippen molar-refractivity contribution in [1.82, 2.24) is 0 Å². The van der Waals surface area contributed by atoms with Gasteiger partial charge in [0.1, 0.15) is 0 Å². The molecule has 1 aromatic carbocycles. The van der Waals surface area contributed by atoms with Crippen molar-refractivity contribution in [2.24, 2.45) is 5.73 Å². The molecule has 1 rings (SSSR count). The molecule has 17 heavy (non-hydrogen) atoms. The first-order valence-corrected chi connectivity index (χ1v) is 6.74. The fourth-order valence-electron chi connectivity index (χ4n) is 2.65. The number of unbranched alkanes of at least 4 members (excludes halogenated alkanes) is 1. The molecule has 96 valence electrons. The van der Waals surface area contributed by atoms with Crippen LogP contribution in [0.5, 0.6) is 0 Å². The van der Waals surface area contributed by atoms with Crippen molar-refractivity contribution in [2.45, 2.75) is 66.8 Å². The average Bonchev–Trinajstić information content (AvgIpc) is 2.31. The third kappa shape index (κ3) is 2.71. The molecule has 0 unspecified atom stereocenters. The molecule has 0 aliphatic rings. The summed E-state index contributed by atoms with van der Waals surface area (Å²) in [5.74, 6) is 0. The molecule has 1 atom stereocenters. The minimum atomic E-state index is 0.202. The van der Waals surface area contributed by atoms with Gasteiger partial charge in [-0.2, -0.15) is 0 Å². The summed E-state index contributed by atoms with van der Waals surface area (Å²) in [7, 11) is 0. The van der Waals surface area contributed by atoms with Crippen LogP contribution in [0.15, 0.2) is 0 Å². The molecule has 0 heterocycles. The van der Waals surface area contributed by atoms with E-state index in [9.17, 15) is 0 Å². The van der Waals surface area contributed by atoms with Crippen LogP contribution in [0.2, 0.25) is 0 Å². The van der Waals surface area contributed by atoms with Crippen LogP contribution in [0.4, 0.5) is 0 Å². The largest absolute Gasteiger partial charge is 0.324 e. The van der Waals surface area contributed by atoms with E-state index in [2.05, 4.69) is 41.5 Å². The lowest BCUT2D eigenvalue weighted by atomic mass is 9.85. The monoisotopic (exact) mass is 233 g/mol. The summed E-state index contributed by atoms with van der Waals surface area (Å²) in [6.07, 6.45) is 3.53. The van der Waals surface area contributed by atoms with Gasteiger partial charge in [0.15, 0.2) is 0 Å². The molecule has 0 saturated heterocycles. The molecule has 0 spiro atoms. The summed E-state index contributed by atoms with van der Waals surface area (Å²) in [5.41, 5.74) is 14.8. The molecule has 0 saturated carbocycles. The number of hydrogen-bond acceptors (Lipinski definition) is 1. The molecule has 0 aliphatic carbocycles. The normalized spacial score (nSPS) is 12.9. The van der Waals surface area contributed by atoms with Gasteiger partial charge in [-0.25, -0.2) is 0 Å². The molecule has 1 heteroatoms. The zero-order valence-corrected chi connectivity index (χ0v) is 12.3. The first kappa shape index (κ1) is 14.2. The minimum absolute atomic E-state index is 0.202. The van der Waals surface area contributed by atoms with Gasteiger partial charge in [0.05, 0.1) is 0 Å². The van der Waals surface area contributed by atoms with E-state index in [-0.39, 0.29) is 6.04 Å². The fourth-order valence-corrected chi connectivity index (χ4v) is 2.65. The molecule has 0 fully saturated rings. The van der Waals surface area contributed by atoms with Crippen LogP contribution in [-0.2, 0) is 0 Å². The van der Waals surface area contributed by atoms with Gasteiger partial charge >= 0.3 is 0 Å². The molecule has 0 aliphatic heterocycles. The smallest absolute Gasteiger partial charge is 0.0300 e. The maximum atomic E-state index is 6.37. The van der Waals surface area contributed by atoms with E-state index in [1.54, 1.807) is 0 Å². The Balaban J connectivity index is 3.24. The number of nitrogens with two attached hydrogens (primary N) is 1. The van der Waals surface area contributed by atoms with E-state index in [1.807, 2.05) is 0 Å². The van der Waals surface area contributed by atoms with Crippen LogP contribution in [0.3, 0.4) is 0 Å². The Labute approximate surface area is 106 Å². The van der Waals surface area contributed by atoms with Gasteiger partial charge in [-0.1, -0.05) is 19.8 Å². The van der Waals surface area contributed by atoms with Crippen LogP contribution < -0.4 is 5.73 Å². The van der Waals surface area contributed by atoms with E-state index in [4.69, 9.17) is 5.73 Å². The Hall–Kier alpha value is -0.820. The van der Waals surface area contributed by atoms with E-state index < -0.39 is 0 Å². The first-order valence-electron chi connectivity index (χ1n) is 6.74. The molecule has 0 amide bonds. The lowest BCUT2D eigenvalue weighted by Gasteiger charge is -2.23. The third-order valence-electron chi connectivity index (χ3n) is 4.30. The van der Waals surface area contributed by atoms with E-state index >= 15 is 0 Å². The van der Waals surface area contributed by atoms with Gasteiger partial charge in [0.2, 0.25) is 0 Å². The lowest BCUT2D eigenvalue weighted by Crippen LogP contribution is -2.15. The van der Waals surface area contributed by atoms with Crippen molar-refractivity contribution in [3.63, 3.8) is 0 Å². The first-order chi connectivity index (χ1) is 7.91. The fraction of sp³-hybridized carbons (Fsp3) is 0.625. The van der Waals surface area contributed by atoms with Gasteiger partial charge in [0.25, 0.3) is 0 Å². The van der Waals surface area contributed by atoms with E-state index in [0.29, 0.717) is 0 Å². The SMILES string of the molecule is CCCC[C@@H](N)c1c(C)c(C)c(C)c(C)c1C. The van der Waals surface area contributed by atoms with Gasteiger partial charge in [0, 0.05) is 6.04 Å². The standard InChI is InChI=1S/C16H27N/c1-7-8-9-15(17)16-13(5)11(3)10(2)12(4)14(16)6/h15H,7-9,17H2,1-6H3/t15-/m1/s1. The Morgan fingerprint density at radius 2 is 1.24 bits per heavy atom. The third-order valence-corrected chi connectivity index (χ3v) is 4.30. The van der Waals surface area contributed by atoms with Crippen molar-refractivity contribution in [3.8, 4) is 0 Å². The number of hydrogen-bond donors (Lipinski definition) is 1. The van der Waals surface area contributed by atoms with Crippen molar-refractivity contribution in [3.05, 3.63) is 33.4 Å². The van der Waals surface area contributed by atoms with E-state index in [0.717, 1.165) is 6.42 Å². The minimum Gasteiger partial charge on any atom is -0.324 e. The molecule has 0 radical (unpaired) electrons. The Bertz CT molecular complexity index is 375. The second-order valence-electron chi connectivity index (χ2n) is 5.29. The Morgan fingerprint density at radius 3 is 1.65 bits per heavy atom. The maximum absolute atomic E-state index is 6.37. The summed E-state index contributed by atoms with van der Waals surface area (Å²) in [5, 5.41) is 0. The number of benzene rings is 1. The predicted molar refractivity (Wildman–Crippen MR) is 76.6 cm³/mol. The van der Waals surface area contributed by atoms with Gasteiger partial charge in [-0.05, 0) is 74.4 Å². The molecule has 1 aromatic rings. The van der Waals surface area contributed by atoms with Crippen LogP contribution >= 0.6 is 0 Å². The highest BCUT2D eigenvalue weighted by atomic mass is 14.6. The Morgan fingerprint density at radius 1 is 0.824 bits per heavy atom. The quantitative estimate of drug-likeness (QED) is 0.818. The zero-order valence-electron chi connectivity index (χ0n) is 12.3. The van der Waals surface area contributed by atoms with Gasteiger partial charge in [-0.3, -0.25) is 0 Å². The second kappa shape index (κ2) is 5.68. The maximum Gasteiger partial charge on any atom is 0.0300 e. The van der Waals surface area contributed by atoms with Gasteiger partial charge in [-0.15, -0.1) is 0 Å². The highest BCUT2D eigenvalue weighted by Crippen LogP contribution is 2.31. The predicted octanol–water partition coefficient (Wildman–Crippen LogP) is 4.42. The molecular formula is C16H27N. The van der Waals surface area contributed by atoms with Crippen LogP contribution in [0.25, 0.3) is 0 Å². The van der Waals surface area contributed by atoms with Crippen LogP contribution in [-0.4, -0.2) is 0 Å². The van der Waals surface area contributed by atoms with Crippen molar-refractivity contribution in [1.29, 1.82) is 0 Å². The molecular weight excluding hydrogens is 206 g/mol. The molecule has 0 aromatic heterocycles. The molecule has 2 N–H and O–H groups in total. The summed E-state index contributed by atoms with van der Waals surface area (Å²) < 4.78 is 0. The van der Waals surface area contributed by atoms with Crippen molar-refractivity contribution in [2.75, 3.05) is 0 Å². The van der Waals surface area contributed by atoms with Crippen LogP contribution in [0, 0.1) is 34.6 Å². The van der Waals surface area contributed by atoms with Gasteiger partial charge < -0.3 is 5.73 Å². The Kier molecular flexibility index (Phi) is 4.76. The lowest BCUT2D eigenvalue weighted by molar-refractivity contribution is 0.597. The van der Waals surface area contributed by atoms with Crippen molar-refractivity contribution < 1.29 is 0 Å². The van der Waals surface area contributed by atoms with Crippen molar-refractivity contribution >= 4 is 0 Å². The van der Waals surface area contributed by atoms with Crippen LogP contribution in [0.1, 0.15) is 65.6 Å². The highest BCUT2D eigenvalue weighted by molar-refractivity contribution is 5.50. The summed E-state index contributed by atoms with van der Waals surface area (Å²) >= 11 is 0. The average molecular weight is 233 g/mol. The van der Waals surface area contributed by atoms with E-state index in [1.165, 1.54) is 46.2 Å². The number of rotatable bonds is 4. The topological polar surface area (TPSA) is 26.0 Å². The summed E-state index contributed by atoms with van der Waals surface area (Å²) in [4.78, 5) is 0.